The molecule has 12 heavy (non-hydrogen) atoms. The van der Waals surface area contributed by atoms with Crippen LogP contribution in [0.1, 0.15) is 0 Å². The van der Waals surface area contributed by atoms with E-state index in [9.17, 15) is 0 Å². The molecule has 2 aromatic heterocycles. The highest BCUT2D eigenvalue weighted by Crippen LogP contribution is 2.02. The van der Waals surface area contributed by atoms with E-state index in [1.165, 1.54) is 0 Å². The van der Waals surface area contributed by atoms with Gasteiger partial charge >= 0.3 is 0 Å². The molecule has 0 fully saturated rings. The van der Waals surface area contributed by atoms with Crippen LogP contribution in [-0.4, -0.2) is 20.6 Å². The number of pyridine rings is 1. The second-order valence-electron chi connectivity index (χ2n) is 2.01. The van der Waals surface area contributed by atoms with Crippen LogP contribution in [0.2, 0.25) is 0 Å². The summed E-state index contributed by atoms with van der Waals surface area (Å²) in [5.74, 6) is 0.575. The van der Waals surface area contributed by atoms with Crippen LogP contribution in [0, 0.1) is 0 Å². The van der Waals surface area contributed by atoms with E-state index >= 15 is 0 Å². The molecular formula is C6H6IN5. The number of halogens is 1. The van der Waals surface area contributed by atoms with Crippen molar-refractivity contribution >= 4 is 0 Å². The molecule has 0 aromatic carbocycles. The lowest BCUT2D eigenvalue weighted by Crippen LogP contribution is -3.00. The molecule has 0 aliphatic rings. The highest BCUT2D eigenvalue weighted by atomic mass is 127. The summed E-state index contributed by atoms with van der Waals surface area (Å²) >= 11 is 0. The van der Waals surface area contributed by atoms with Gasteiger partial charge in [0.2, 0.25) is 0 Å². The predicted molar refractivity (Wildman–Crippen MR) is 36.2 cm³/mol. The van der Waals surface area contributed by atoms with E-state index < -0.39 is 0 Å². The molecule has 2 aromatic rings. The van der Waals surface area contributed by atoms with Crippen molar-refractivity contribution < 1.29 is 29.0 Å². The number of nitrogens with one attached hydrogen (secondary N) is 2. The summed E-state index contributed by atoms with van der Waals surface area (Å²) in [4.78, 5) is 2.99. The van der Waals surface area contributed by atoms with Gasteiger partial charge in [-0.1, -0.05) is 0 Å². The summed E-state index contributed by atoms with van der Waals surface area (Å²) in [6.45, 7) is 0. The maximum absolute atomic E-state index is 3.81. The fourth-order valence-corrected chi connectivity index (χ4v) is 0.808. The molecule has 6 heteroatoms. The second-order valence-corrected chi connectivity index (χ2v) is 2.01. The van der Waals surface area contributed by atoms with Gasteiger partial charge in [-0.05, 0) is 11.3 Å². The smallest absolute Gasteiger partial charge is 0.268 e. The number of nitrogens with zero attached hydrogens (tertiary/aromatic N) is 3. The van der Waals surface area contributed by atoms with E-state index in [1.54, 1.807) is 0 Å². The van der Waals surface area contributed by atoms with Crippen LogP contribution in [-0.2, 0) is 0 Å². The Labute approximate surface area is 85.6 Å². The number of rotatable bonds is 1. The van der Waals surface area contributed by atoms with Crippen LogP contribution in [0.4, 0.5) is 0 Å². The van der Waals surface area contributed by atoms with Gasteiger partial charge in [0.25, 0.3) is 11.5 Å². The average molecular weight is 275 g/mol. The fraction of sp³-hybridized carbons (Fsp3) is 0. The molecule has 0 saturated heterocycles. The zero-order valence-corrected chi connectivity index (χ0v) is 8.19. The first kappa shape index (κ1) is 9.04. The van der Waals surface area contributed by atoms with Crippen molar-refractivity contribution in [3.8, 4) is 11.5 Å². The minimum Gasteiger partial charge on any atom is -1.00 e. The third-order valence-corrected chi connectivity index (χ3v) is 1.30. The second kappa shape index (κ2) is 4.10. The Morgan fingerprint density at radius 2 is 2.25 bits per heavy atom. The molecule has 0 saturated carbocycles. The Morgan fingerprint density at radius 3 is 2.83 bits per heavy atom. The highest BCUT2D eigenvalue weighted by Gasteiger charge is 2.06. The molecular weight excluding hydrogens is 269 g/mol. The van der Waals surface area contributed by atoms with Crippen molar-refractivity contribution in [2.45, 2.75) is 0 Å². The van der Waals surface area contributed by atoms with Crippen molar-refractivity contribution in [1.82, 2.24) is 20.6 Å². The van der Waals surface area contributed by atoms with E-state index in [1.807, 2.05) is 24.4 Å². The maximum Gasteiger partial charge on any atom is 0.268 e. The monoisotopic (exact) mass is 275 g/mol. The topological polar surface area (TPSA) is 68.6 Å². The van der Waals surface area contributed by atoms with Crippen LogP contribution in [0.25, 0.3) is 11.5 Å². The first-order valence-electron chi connectivity index (χ1n) is 3.17. The van der Waals surface area contributed by atoms with Gasteiger partial charge in [0.15, 0.2) is 6.20 Å². The Bertz CT molecular complexity index is 319. The van der Waals surface area contributed by atoms with E-state index in [0.717, 1.165) is 5.69 Å². The van der Waals surface area contributed by atoms with Gasteiger partial charge in [0.1, 0.15) is 0 Å². The van der Waals surface area contributed by atoms with Crippen LogP contribution in [0.15, 0.2) is 24.4 Å². The molecule has 0 atom stereocenters. The summed E-state index contributed by atoms with van der Waals surface area (Å²) in [5.41, 5.74) is 0.848. The summed E-state index contributed by atoms with van der Waals surface area (Å²) < 4.78 is 0. The van der Waals surface area contributed by atoms with Gasteiger partial charge in [0, 0.05) is 12.1 Å². The maximum atomic E-state index is 3.81. The minimum absolute atomic E-state index is 0. The van der Waals surface area contributed by atoms with Crippen molar-refractivity contribution in [3.63, 3.8) is 0 Å². The molecule has 0 aliphatic heterocycles. The van der Waals surface area contributed by atoms with E-state index in [0.29, 0.717) is 5.82 Å². The summed E-state index contributed by atoms with van der Waals surface area (Å²) in [7, 11) is 0. The lowest BCUT2D eigenvalue weighted by molar-refractivity contribution is -0.365. The number of tetrazole rings is 1. The Morgan fingerprint density at radius 1 is 1.33 bits per heavy atom. The lowest BCUT2D eigenvalue weighted by Gasteiger charge is -1.81. The molecule has 0 amide bonds. The third-order valence-electron chi connectivity index (χ3n) is 1.30. The summed E-state index contributed by atoms with van der Waals surface area (Å²) in [5, 5.41) is 13.4. The number of aromatic nitrogens is 5. The quantitative estimate of drug-likeness (QED) is 0.554. The molecule has 2 rings (SSSR count). The van der Waals surface area contributed by atoms with Gasteiger partial charge in [-0.15, -0.1) is 10.2 Å². The van der Waals surface area contributed by atoms with Gasteiger partial charge in [0.05, 0.1) is 0 Å². The summed E-state index contributed by atoms with van der Waals surface area (Å²) in [6.07, 6.45) is 1.81. The first-order valence-corrected chi connectivity index (χ1v) is 3.17. The number of H-pyrrole nitrogens is 2. The van der Waals surface area contributed by atoms with Gasteiger partial charge in [-0.2, -0.15) is 5.21 Å². The first-order chi connectivity index (χ1) is 5.47. The average Bonchev–Trinajstić information content (AvgIpc) is 2.58. The molecule has 62 valence electrons. The largest absolute Gasteiger partial charge is 1.00 e. The van der Waals surface area contributed by atoms with E-state index in [4.69, 9.17) is 0 Å². The SMILES string of the molecule is [I-].c1ccc(-c2nn[nH]n2)[nH+]c1. The third kappa shape index (κ3) is 1.76. The van der Waals surface area contributed by atoms with Gasteiger partial charge in [-0.3, -0.25) is 0 Å². The predicted octanol–water partition coefficient (Wildman–Crippen LogP) is -3.32. The fourth-order valence-electron chi connectivity index (χ4n) is 0.808. The molecule has 0 radical (unpaired) electrons. The zero-order chi connectivity index (χ0) is 7.52. The lowest BCUT2D eigenvalue weighted by atomic mass is 10.3. The number of aromatic amines is 2. The molecule has 2 heterocycles. The molecule has 5 nitrogen and oxygen atoms in total. The standard InChI is InChI=1S/C6H5N5.HI/c1-2-4-7-5(3-1)6-8-10-11-9-6;/h1-4H,(H,8,9,10,11);1H. The molecule has 0 spiro atoms. The zero-order valence-electron chi connectivity index (χ0n) is 6.03. The Kier molecular flexibility index (Phi) is 3.09. The number of hydrogen-bond donors (Lipinski definition) is 1. The van der Waals surface area contributed by atoms with Crippen molar-refractivity contribution in [1.29, 1.82) is 0 Å². The molecule has 0 unspecified atom stereocenters. The van der Waals surface area contributed by atoms with Crippen molar-refractivity contribution in [2.75, 3.05) is 0 Å². The highest BCUT2D eigenvalue weighted by molar-refractivity contribution is 5.41. The van der Waals surface area contributed by atoms with Gasteiger partial charge in [-0.25, -0.2) is 4.98 Å². The molecule has 0 bridgehead atoms. The molecule has 2 N–H and O–H groups in total. The summed E-state index contributed by atoms with van der Waals surface area (Å²) in [6, 6.07) is 5.68. The molecule has 0 aliphatic carbocycles. The Hall–Kier alpha value is -1.05. The normalized spacial score (nSPS) is 9.00. The van der Waals surface area contributed by atoms with E-state index in [2.05, 4.69) is 25.6 Å². The van der Waals surface area contributed by atoms with Crippen molar-refractivity contribution in [3.05, 3.63) is 24.4 Å². The van der Waals surface area contributed by atoms with Crippen LogP contribution >= 0.6 is 0 Å². The number of hydrogen-bond acceptors (Lipinski definition) is 3. The minimum atomic E-state index is 0. The van der Waals surface area contributed by atoms with Crippen LogP contribution in [0.5, 0.6) is 0 Å². The van der Waals surface area contributed by atoms with E-state index in [-0.39, 0.29) is 24.0 Å². The van der Waals surface area contributed by atoms with Gasteiger partial charge < -0.3 is 24.0 Å². The van der Waals surface area contributed by atoms with Crippen LogP contribution in [0.3, 0.4) is 0 Å². The van der Waals surface area contributed by atoms with Crippen LogP contribution < -0.4 is 29.0 Å². The van der Waals surface area contributed by atoms with Crippen molar-refractivity contribution in [2.24, 2.45) is 0 Å². The Balaban J connectivity index is 0.000000720.